The van der Waals surface area contributed by atoms with Gasteiger partial charge < -0.3 is 0 Å². The summed E-state index contributed by atoms with van der Waals surface area (Å²) in [6, 6.07) is 1.07. The summed E-state index contributed by atoms with van der Waals surface area (Å²) in [6.45, 7) is 0. The SMILES string of the molecule is O=C(CC(=O)C(F)(F)C(F)(F)C(F)(F)F)c1ccc(F)cc1F. The van der Waals surface area contributed by atoms with E-state index in [9.17, 15) is 49.1 Å². The Kier molecular flexibility index (Phi) is 4.83. The van der Waals surface area contributed by atoms with Crippen LogP contribution in [0.3, 0.4) is 0 Å². The predicted molar refractivity (Wildman–Crippen MR) is 56.3 cm³/mol. The van der Waals surface area contributed by atoms with Gasteiger partial charge in [-0.05, 0) is 12.1 Å². The average Bonchev–Trinajstić information content (AvgIpc) is 2.36. The number of ketones is 2. The van der Waals surface area contributed by atoms with E-state index in [4.69, 9.17) is 0 Å². The Balaban J connectivity index is 3.05. The van der Waals surface area contributed by atoms with Crippen LogP contribution < -0.4 is 0 Å². The molecule has 0 heterocycles. The van der Waals surface area contributed by atoms with Crippen molar-refractivity contribution in [2.75, 3.05) is 0 Å². The number of carbonyl (C=O) groups is 2. The van der Waals surface area contributed by atoms with Crippen LogP contribution in [0.5, 0.6) is 0 Å². The van der Waals surface area contributed by atoms with Gasteiger partial charge in [-0.2, -0.15) is 30.7 Å². The number of alkyl halides is 7. The summed E-state index contributed by atoms with van der Waals surface area (Å²) in [6.07, 6.45) is -8.86. The van der Waals surface area contributed by atoms with Gasteiger partial charge >= 0.3 is 18.0 Å². The molecule has 1 rings (SSSR count). The highest BCUT2D eigenvalue weighted by Gasteiger charge is 2.75. The molecule has 0 saturated heterocycles. The fraction of sp³-hybridized carbons (Fsp3) is 0.333. The first-order valence-electron chi connectivity index (χ1n) is 5.55. The molecule has 2 nitrogen and oxygen atoms in total. The van der Waals surface area contributed by atoms with Crippen LogP contribution in [0.2, 0.25) is 0 Å². The van der Waals surface area contributed by atoms with E-state index in [0.29, 0.717) is 12.1 Å². The minimum Gasteiger partial charge on any atom is -0.294 e. The standard InChI is InChI=1S/C12H5F9O2/c13-5-1-2-6(7(14)3-5)8(22)4-9(23)10(15,16)11(17,18)12(19,20)21/h1-3H,4H2. The molecule has 0 radical (unpaired) electrons. The Bertz CT molecular complexity index is 634. The van der Waals surface area contributed by atoms with Crippen molar-refractivity contribution in [3.63, 3.8) is 0 Å². The molecule has 0 N–H and O–H groups in total. The molecular weight excluding hydrogens is 347 g/mol. The molecule has 0 aromatic heterocycles. The minimum absolute atomic E-state index is 0.139. The van der Waals surface area contributed by atoms with Crippen molar-refractivity contribution >= 4 is 11.6 Å². The second-order valence-electron chi connectivity index (χ2n) is 4.29. The molecule has 0 atom stereocenters. The van der Waals surface area contributed by atoms with Crippen molar-refractivity contribution < 1.29 is 49.1 Å². The molecular formula is C12H5F9O2. The predicted octanol–water partition coefficient (Wildman–Crippen LogP) is 3.94. The van der Waals surface area contributed by atoms with E-state index >= 15 is 0 Å². The Labute approximate surface area is 121 Å². The third-order valence-corrected chi connectivity index (χ3v) is 2.65. The first-order chi connectivity index (χ1) is 10.2. The van der Waals surface area contributed by atoms with Gasteiger partial charge in [-0.1, -0.05) is 0 Å². The topological polar surface area (TPSA) is 34.1 Å². The first kappa shape index (κ1) is 19.0. The average molecular weight is 352 g/mol. The maximum Gasteiger partial charge on any atom is 0.460 e. The molecule has 0 amide bonds. The lowest BCUT2D eigenvalue weighted by atomic mass is 9.98. The van der Waals surface area contributed by atoms with Gasteiger partial charge in [0.05, 0.1) is 12.0 Å². The van der Waals surface area contributed by atoms with Crippen LogP contribution >= 0.6 is 0 Å². The lowest BCUT2D eigenvalue weighted by Gasteiger charge is -2.26. The van der Waals surface area contributed by atoms with Crippen molar-refractivity contribution in [3.05, 3.63) is 35.4 Å². The van der Waals surface area contributed by atoms with E-state index in [2.05, 4.69) is 0 Å². The van der Waals surface area contributed by atoms with Crippen LogP contribution in [-0.4, -0.2) is 29.6 Å². The van der Waals surface area contributed by atoms with Crippen LogP contribution in [0.15, 0.2) is 18.2 Å². The number of rotatable bonds is 5. The van der Waals surface area contributed by atoms with Gasteiger partial charge in [0.2, 0.25) is 5.78 Å². The van der Waals surface area contributed by atoms with Gasteiger partial charge in [0, 0.05) is 6.07 Å². The highest BCUT2D eigenvalue weighted by molar-refractivity contribution is 6.10. The maximum absolute atomic E-state index is 13.2. The number of hydrogen-bond donors (Lipinski definition) is 0. The molecule has 0 aliphatic carbocycles. The molecule has 0 fully saturated rings. The second-order valence-corrected chi connectivity index (χ2v) is 4.29. The van der Waals surface area contributed by atoms with Crippen molar-refractivity contribution in [3.8, 4) is 0 Å². The number of benzene rings is 1. The van der Waals surface area contributed by atoms with E-state index in [0.717, 1.165) is 0 Å². The van der Waals surface area contributed by atoms with Crippen LogP contribution in [0.1, 0.15) is 16.8 Å². The minimum atomic E-state index is -6.74. The molecule has 0 unspecified atom stereocenters. The van der Waals surface area contributed by atoms with Gasteiger partial charge in [0.25, 0.3) is 0 Å². The van der Waals surface area contributed by atoms with Gasteiger partial charge in [-0.15, -0.1) is 0 Å². The van der Waals surface area contributed by atoms with E-state index in [-0.39, 0.29) is 6.07 Å². The van der Waals surface area contributed by atoms with Gasteiger partial charge in [-0.3, -0.25) is 9.59 Å². The van der Waals surface area contributed by atoms with Crippen molar-refractivity contribution in [1.29, 1.82) is 0 Å². The summed E-state index contributed by atoms with van der Waals surface area (Å²) in [7, 11) is 0. The lowest BCUT2D eigenvalue weighted by molar-refractivity contribution is -0.343. The van der Waals surface area contributed by atoms with Gasteiger partial charge in [0.15, 0.2) is 5.78 Å². The Morgan fingerprint density at radius 1 is 0.913 bits per heavy atom. The first-order valence-corrected chi connectivity index (χ1v) is 5.55. The fourth-order valence-electron chi connectivity index (χ4n) is 1.42. The Hall–Kier alpha value is -2.07. The van der Waals surface area contributed by atoms with Crippen LogP contribution in [-0.2, 0) is 4.79 Å². The van der Waals surface area contributed by atoms with E-state index < -0.39 is 53.2 Å². The Morgan fingerprint density at radius 3 is 1.87 bits per heavy atom. The summed E-state index contributed by atoms with van der Waals surface area (Å²) in [5, 5.41) is 0. The highest BCUT2D eigenvalue weighted by atomic mass is 19.4. The fourth-order valence-corrected chi connectivity index (χ4v) is 1.42. The summed E-state index contributed by atoms with van der Waals surface area (Å²) >= 11 is 0. The number of hydrogen-bond acceptors (Lipinski definition) is 2. The third-order valence-electron chi connectivity index (χ3n) is 2.65. The van der Waals surface area contributed by atoms with Gasteiger partial charge in [-0.25, -0.2) is 8.78 Å². The molecule has 1 aromatic rings. The van der Waals surface area contributed by atoms with Crippen LogP contribution in [0.25, 0.3) is 0 Å². The normalized spacial score (nSPS) is 13.1. The molecule has 23 heavy (non-hydrogen) atoms. The van der Waals surface area contributed by atoms with E-state index in [1.54, 1.807) is 0 Å². The lowest BCUT2D eigenvalue weighted by Crippen LogP contribution is -2.56. The zero-order valence-corrected chi connectivity index (χ0v) is 10.7. The largest absolute Gasteiger partial charge is 0.460 e. The van der Waals surface area contributed by atoms with Gasteiger partial charge in [0.1, 0.15) is 11.6 Å². The maximum atomic E-state index is 13.2. The molecule has 1 aromatic carbocycles. The van der Waals surface area contributed by atoms with Crippen molar-refractivity contribution in [2.45, 2.75) is 24.4 Å². The van der Waals surface area contributed by atoms with E-state index in [1.165, 1.54) is 0 Å². The number of halogens is 9. The van der Waals surface area contributed by atoms with Crippen LogP contribution in [0.4, 0.5) is 39.5 Å². The summed E-state index contributed by atoms with van der Waals surface area (Å²) in [4.78, 5) is 22.3. The molecule has 0 aliphatic rings. The number of carbonyl (C=O) groups excluding carboxylic acids is 2. The second kappa shape index (κ2) is 5.85. The molecule has 0 spiro atoms. The summed E-state index contributed by atoms with van der Waals surface area (Å²) in [5.41, 5.74) is -1.11. The van der Waals surface area contributed by atoms with Crippen molar-refractivity contribution in [2.24, 2.45) is 0 Å². The smallest absolute Gasteiger partial charge is 0.294 e. The highest BCUT2D eigenvalue weighted by Crippen LogP contribution is 2.47. The third kappa shape index (κ3) is 3.48. The zero-order chi connectivity index (χ0) is 18.2. The molecule has 0 aliphatic heterocycles. The zero-order valence-electron chi connectivity index (χ0n) is 10.7. The summed E-state index contributed by atoms with van der Waals surface area (Å²) < 4.78 is 113. The van der Waals surface area contributed by atoms with Crippen molar-refractivity contribution in [1.82, 2.24) is 0 Å². The number of Topliss-reactive ketones (excluding diaryl/α,β-unsaturated/α-hetero) is 2. The molecule has 11 heteroatoms. The molecule has 0 bridgehead atoms. The Morgan fingerprint density at radius 2 is 1.43 bits per heavy atom. The molecule has 128 valence electrons. The van der Waals surface area contributed by atoms with Crippen LogP contribution in [0, 0.1) is 11.6 Å². The quantitative estimate of drug-likeness (QED) is 0.457. The molecule has 0 saturated carbocycles. The van der Waals surface area contributed by atoms with E-state index in [1.807, 2.05) is 0 Å². The summed E-state index contributed by atoms with van der Waals surface area (Å²) in [5.74, 6) is -20.5. The monoisotopic (exact) mass is 352 g/mol.